The highest BCUT2D eigenvalue weighted by Crippen LogP contribution is 2.28. The van der Waals surface area contributed by atoms with Crippen LogP contribution >= 0.6 is 15.9 Å². The molecule has 0 aromatic heterocycles. The third-order valence-corrected chi connectivity index (χ3v) is 3.33. The number of anilines is 1. The number of halogens is 1. The molecule has 2 aromatic rings. The van der Waals surface area contributed by atoms with Crippen LogP contribution in [0.15, 0.2) is 46.9 Å². The SMILES string of the molecule is Cc1ccc(Br)cc1OC(C)c1cccc(N)c1. The Labute approximate surface area is 116 Å². The van der Waals surface area contributed by atoms with E-state index in [-0.39, 0.29) is 6.10 Å². The van der Waals surface area contributed by atoms with E-state index in [1.54, 1.807) is 0 Å². The van der Waals surface area contributed by atoms with Gasteiger partial charge in [-0.3, -0.25) is 0 Å². The summed E-state index contributed by atoms with van der Waals surface area (Å²) in [7, 11) is 0. The fourth-order valence-corrected chi connectivity index (χ4v) is 2.11. The lowest BCUT2D eigenvalue weighted by molar-refractivity contribution is 0.225. The molecule has 3 heteroatoms. The number of hydrogen-bond donors (Lipinski definition) is 1. The van der Waals surface area contributed by atoms with Gasteiger partial charge in [0.2, 0.25) is 0 Å². The van der Waals surface area contributed by atoms with Gasteiger partial charge in [0.25, 0.3) is 0 Å². The Balaban J connectivity index is 2.21. The van der Waals surface area contributed by atoms with Gasteiger partial charge in [0.05, 0.1) is 0 Å². The van der Waals surface area contributed by atoms with E-state index in [4.69, 9.17) is 10.5 Å². The summed E-state index contributed by atoms with van der Waals surface area (Å²) in [6.07, 6.45) is -0.0264. The van der Waals surface area contributed by atoms with E-state index in [0.717, 1.165) is 27.0 Å². The van der Waals surface area contributed by atoms with Crippen molar-refractivity contribution in [2.24, 2.45) is 0 Å². The molecular weight excluding hydrogens is 290 g/mol. The molecule has 0 spiro atoms. The first-order chi connectivity index (χ1) is 8.56. The zero-order valence-electron chi connectivity index (χ0n) is 10.5. The van der Waals surface area contributed by atoms with Gasteiger partial charge in [-0.05, 0) is 49.2 Å². The van der Waals surface area contributed by atoms with Crippen LogP contribution in [0.4, 0.5) is 5.69 Å². The third-order valence-electron chi connectivity index (χ3n) is 2.83. The van der Waals surface area contributed by atoms with Crippen molar-refractivity contribution in [1.29, 1.82) is 0 Å². The first-order valence-corrected chi connectivity index (χ1v) is 6.64. The van der Waals surface area contributed by atoms with Crippen LogP contribution in [0.1, 0.15) is 24.2 Å². The zero-order valence-corrected chi connectivity index (χ0v) is 12.1. The van der Waals surface area contributed by atoms with Crippen molar-refractivity contribution in [2.45, 2.75) is 20.0 Å². The number of hydrogen-bond acceptors (Lipinski definition) is 2. The summed E-state index contributed by atoms with van der Waals surface area (Å²) < 4.78 is 7.00. The Morgan fingerprint density at radius 2 is 1.94 bits per heavy atom. The third kappa shape index (κ3) is 3.05. The standard InChI is InChI=1S/C15H16BrNO/c1-10-6-7-13(16)9-15(10)18-11(2)12-4-3-5-14(17)8-12/h3-9,11H,17H2,1-2H3. The molecule has 2 rings (SSSR count). The molecule has 0 aliphatic heterocycles. The number of aryl methyl sites for hydroxylation is 1. The van der Waals surface area contributed by atoms with Crippen LogP contribution in [0.5, 0.6) is 5.75 Å². The average Bonchev–Trinajstić information content (AvgIpc) is 2.34. The topological polar surface area (TPSA) is 35.2 Å². The lowest BCUT2D eigenvalue weighted by atomic mass is 10.1. The zero-order chi connectivity index (χ0) is 13.1. The molecule has 0 bridgehead atoms. The molecule has 0 saturated carbocycles. The summed E-state index contributed by atoms with van der Waals surface area (Å²) >= 11 is 3.45. The van der Waals surface area contributed by atoms with E-state index < -0.39 is 0 Å². The molecular formula is C15H16BrNO. The Kier molecular flexibility index (Phi) is 3.92. The van der Waals surface area contributed by atoms with Crippen LogP contribution in [-0.2, 0) is 0 Å². The second kappa shape index (κ2) is 5.44. The molecule has 1 atom stereocenters. The number of nitrogen functional groups attached to an aromatic ring is 1. The van der Waals surface area contributed by atoms with Crippen LogP contribution in [0.3, 0.4) is 0 Å². The second-order valence-electron chi connectivity index (χ2n) is 4.34. The number of ether oxygens (including phenoxy) is 1. The van der Waals surface area contributed by atoms with E-state index in [1.807, 2.05) is 56.3 Å². The van der Waals surface area contributed by atoms with Gasteiger partial charge in [0.1, 0.15) is 11.9 Å². The number of nitrogens with two attached hydrogens (primary N) is 1. The minimum atomic E-state index is -0.0264. The highest BCUT2D eigenvalue weighted by atomic mass is 79.9. The summed E-state index contributed by atoms with van der Waals surface area (Å²) in [4.78, 5) is 0. The minimum absolute atomic E-state index is 0.0264. The van der Waals surface area contributed by atoms with Crippen molar-refractivity contribution >= 4 is 21.6 Å². The molecule has 0 aliphatic rings. The Hall–Kier alpha value is -1.48. The van der Waals surface area contributed by atoms with Gasteiger partial charge in [-0.1, -0.05) is 34.1 Å². The molecule has 0 fully saturated rings. The number of rotatable bonds is 3. The van der Waals surface area contributed by atoms with Gasteiger partial charge in [-0.2, -0.15) is 0 Å². The van der Waals surface area contributed by atoms with Crippen molar-refractivity contribution in [2.75, 3.05) is 5.73 Å². The monoisotopic (exact) mass is 305 g/mol. The largest absolute Gasteiger partial charge is 0.486 e. The molecule has 18 heavy (non-hydrogen) atoms. The van der Waals surface area contributed by atoms with Crippen LogP contribution in [0.2, 0.25) is 0 Å². The summed E-state index contributed by atoms with van der Waals surface area (Å²) in [5.74, 6) is 0.888. The van der Waals surface area contributed by atoms with Gasteiger partial charge in [-0.25, -0.2) is 0 Å². The Morgan fingerprint density at radius 3 is 2.67 bits per heavy atom. The highest BCUT2D eigenvalue weighted by molar-refractivity contribution is 9.10. The lowest BCUT2D eigenvalue weighted by Crippen LogP contribution is -2.04. The van der Waals surface area contributed by atoms with Crippen molar-refractivity contribution < 1.29 is 4.74 Å². The maximum absolute atomic E-state index is 5.98. The molecule has 0 saturated heterocycles. The minimum Gasteiger partial charge on any atom is -0.486 e. The van der Waals surface area contributed by atoms with Crippen LogP contribution in [-0.4, -0.2) is 0 Å². The molecule has 94 valence electrons. The summed E-state index contributed by atoms with van der Waals surface area (Å²) in [6, 6.07) is 13.8. The lowest BCUT2D eigenvalue weighted by Gasteiger charge is -2.17. The van der Waals surface area contributed by atoms with E-state index in [9.17, 15) is 0 Å². The van der Waals surface area contributed by atoms with Crippen LogP contribution in [0.25, 0.3) is 0 Å². The smallest absolute Gasteiger partial charge is 0.124 e. The second-order valence-corrected chi connectivity index (χ2v) is 5.26. The first-order valence-electron chi connectivity index (χ1n) is 5.84. The van der Waals surface area contributed by atoms with Crippen LogP contribution < -0.4 is 10.5 Å². The quantitative estimate of drug-likeness (QED) is 0.849. The van der Waals surface area contributed by atoms with Gasteiger partial charge >= 0.3 is 0 Å². The van der Waals surface area contributed by atoms with Gasteiger partial charge in [0.15, 0.2) is 0 Å². The molecule has 1 unspecified atom stereocenters. The normalized spacial score (nSPS) is 12.2. The molecule has 0 heterocycles. The Morgan fingerprint density at radius 1 is 1.17 bits per heavy atom. The summed E-state index contributed by atoms with van der Waals surface area (Å²) in [5.41, 5.74) is 8.74. The van der Waals surface area contributed by atoms with Gasteiger partial charge in [-0.15, -0.1) is 0 Å². The van der Waals surface area contributed by atoms with Crippen molar-refractivity contribution in [3.63, 3.8) is 0 Å². The van der Waals surface area contributed by atoms with Crippen LogP contribution in [0, 0.1) is 6.92 Å². The van der Waals surface area contributed by atoms with Gasteiger partial charge in [0, 0.05) is 10.2 Å². The van der Waals surface area contributed by atoms with E-state index >= 15 is 0 Å². The Bertz CT molecular complexity index is 554. The molecule has 2 nitrogen and oxygen atoms in total. The van der Waals surface area contributed by atoms with E-state index in [2.05, 4.69) is 15.9 Å². The van der Waals surface area contributed by atoms with E-state index in [1.165, 1.54) is 0 Å². The van der Waals surface area contributed by atoms with Crippen molar-refractivity contribution in [3.8, 4) is 5.75 Å². The maximum Gasteiger partial charge on any atom is 0.124 e. The summed E-state index contributed by atoms with van der Waals surface area (Å²) in [6.45, 7) is 4.06. The fourth-order valence-electron chi connectivity index (χ4n) is 1.77. The fraction of sp³-hybridized carbons (Fsp3) is 0.200. The molecule has 2 N–H and O–H groups in total. The average molecular weight is 306 g/mol. The maximum atomic E-state index is 5.98. The molecule has 0 aliphatic carbocycles. The van der Waals surface area contributed by atoms with Crippen molar-refractivity contribution in [1.82, 2.24) is 0 Å². The molecule has 2 aromatic carbocycles. The first kappa shape index (κ1) is 13.0. The summed E-state index contributed by atoms with van der Waals surface area (Å²) in [5, 5.41) is 0. The number of benzene rings is 2. The van der Waals surface area contributed by atoms with Crippen molar-refractivity contribution in [3.05, 3.63) is 58.1 Å². The van der Waals surface area contributed by atoms with E-state index in [0.29, 0.717) is 0 Å². The predicted octanol–water partition coefficient (Wildman–Crippen LogP) is 4.48. The molecule has 0 amide bonds. The highest BCUT2D eigenvalue weighted by Gasteiger charge is 2.09. The predicted molar refractivity (Wildman–Crippen MR) is 78.8 cm³/mol. The van der Waals surface area contributed by atoms with Gasteiger partial charge < -0.3 is 10.5 Å². The molecule has 0 radical (unpaired) electrons.